The van der Waals surface area contributed by atoms with E-state index in [2.05, 4.69) is 30.1 Å². The van der Waals surface area contributed by atoms with Crippen LogP contribution in [0.5, 0.6) is 0 Å². The lowest BCUT2D eigenvalue weighted by molar-refractivity contribution is 0.843. The van der Waals surface area contributed by atoms with Crippen molar-refractivity contribution in [2.45, 2.75) is 19.4 Å². The predicted molar refractivity (Wildman–Crippen MR) is 66.1 cm³/mol. The summed E-state index contributed by atoms with van der Waals surface area (Å²) in [7, 11) is 0. The molecule has 2 nitrogen and oxygen atoms in total. The van der Waals surface area contributed by atoms with Crippen molar-refractivity contribution in [3.8, 4) is 0 Å². The average molecular weight is 212 g/mol. The lowest BCUT2D eigenvalue weighted by Gasteiger charge is -2.15. The van der Waals surface area contributed by atoms with Crippen molar-refractivity contribution in [3.05, 3.63) is 65.5 Å². The van der Waals surface area contributed by atoms with Crippen LogP contribution in [0.25, 0.3) is 0 Å². The van der Waals surface area contributed by atoms with Crippen molar-refractivity contribution in [3.63, 3.8) is 0 Å². The van der Waals surface area contributed by atoms with Gasteiger partial charge in [0.15, 0.2) is 0 Å². The number of rotatable bonds is 3. The molecule has 2 heteroatoms. The molecule has 2 rings (SSSR count). The molecule has 0 aliphatic heterocycles. The number of benzene rings is 1. The molecule has 0 aliphatic rings. The van der Waals surface area contributed by atoms with Crippen molar-refractivity contribution >= 4 is 0 Å². The Kier molecular flexibility index (Phi) is 3.32. The molecule has 0 bridgehead atoms. The molecule has 16 heavy (non-hydrogen) atoms. The third-order valence-corrected chi connectivity index (χ3v) is 2.81. The van der Waals surface area contributed by atoms with E-state index in [1.165, 1.54) is 11.1 Å². The van der Waals surface area contributed by atoms with Crippen LogP contribution < -0.4 is 5.73 Å². The molecule has 82 valence electrons. The molecular formula is C14H16N2. The first-order chi connectivity index (χ1) is 7.83. The zero-order valence-corrected chi connectivity index (χ0v) is 9.43. The lowest BCUT2D eigenvalue weighted by Crippen LogP contribution is -2.14. The number of pyridine rings is 1. The zero-order chi connectivity index (χ0) is 11.4. The van der Waals surface area contributed by atoms with Gasteiger partial charge in [-0.25, -0.2) is 0 Å². The second-order valence-electron chi connectivity index (χ2n) is 3.82. The average Bonchev–Trinajstić information content (AvgIpc) is 2.39. The summed E-state index contributed by atoms with van der Waals surface area (Å²) in [5, 5.41) is 0. The standard InChI is InChI=1S/C14H16N2/c1-2-11-6-3-4-8-13(11)14(15)12-7-5-9-16-10-12/h3-10,14H,2,15H2,1H3. The molecule has 2 N–H and O–H groups in total. The van der Waals surface area contributed by atoms with Crippen LogP contribution in [0.3, 0.4) is 0 Å². The second-order valence-corrected chi connectivity index (χ2v) is 3.82. The van der Waals surface area contributed by atoms with Gasteiger partial charge in [-0.2, -0.15) is 0 Å². The van der Waals surface area contributed by atoms with E-state index in [1.807, 2.05) is 24.4 Å². The van der Waals surface area contributed by atoms with Crippen molar-refractivity contribution in [1.29, 1.82) is 0 Å². The highest BCUT2D eigenvalue weighted by Gasteiger charge is 2.11. The minimum atomic E-state index is -0.0788. The van der Waals surface area contributed by atoms with E-state index in [0.717, 1.165) is 12.0 Å². The highest BCUT2D eigenvalue weighted by atomic mass is 14.7. The number of aromatic nitrogens is 1. The maximum Gasteiger partial charge on any atom is 0.0569 e. The highest BCUT2D eigenvalue weighted by molar-refractivity contribution is 5.36. The van der Waals surface area contributed by atoms with Crippen LogP contribution >= 0.6 is 0 Å². The van der Waals surface area contributed by atoms with Crippen molar-refractivity contribution in [2.75, 3.05) is 0 Å². The van der Waals surface area contributed by atoms with Crippen LogP contribution in [0.15, 0.2) is 48.8 Å². The Morgan fingerprint density at radius 2 is 2.00 bits per heavy atom. The van der Waals surface area contributed by atoms with Crippen LogP contribution in [0.2, 0.25) is 0 Å². The fraction of sp³-hybridized carbons (Fsp3) is 0.214. The molecular weight excluding hydrogens is 196 g/mol. The molecule has 0 fully saturated rings. The Morgan fingerprint density at radius 1 is 1.19 bits per heavy atom. The summed E-state index contributed by atoms with van der Waals surface area (Å²) in [4.78, 5) is 4.11. The molecule has 2 aromatic rings. The topological polar surface area (TPSA) is 38.9 Å². The van der Waals surface area contributed by atoms with Gasteiger partial charge in [-0.3, -0.25) is 4.98 Å². The van der Waals surface area contributed by atoms with Gasteiger partial charge >= 0.3 is 0 Å². The monoisotopic (exact) mass is 212 g/mol. The zero-order valence-electron chi connectivity index (χ0n) is 9.43. The normalized spacial score (nSPS) is 12.4. The van der Waals surface area contributed by atoms with Gasteiger partial charge in [0.05, 0.1) is 6.04 Å². The van der Waals surface area contributed by atoms with E-state index < -0.39 is 0 Å². The molecule has 1 aromatic heterocycles. The Balaban J connectivity index is 2.37. The van der Waals surface area contributed by atoms with Crippen LogP contribution in [0, 0.1) is 0 Å². The molecule has 0 radical (unpaired) electrons. The second kappa shape index (κ2) is 4.90. The molecule has 1 heterocycles. The fourth-order valence-corrected chi connectivity index (χ4v) is 1.90. The van der Waals surface area contributed by atoms with E-state index in [4.69, 9.17) is 5.73 Å². The lowest BCUT2D eigenvalue weighted by atomic mass is 9.95. The molecule has 1 unspecified atom stereocenters. The Morgan fingerprint density at radius 3 is 2.69 bits per heavy atom. The smallest absolute Gasteiger partial charge is 0.0569 e. The van der Waals surface area contributed by atoms with Crippen LogP contribution in [0.1, 0.15) is 29.7 Å². The Labute approximate surface area is 96.1 Å². The van der Waals surface area contributed by atoms with E-state index >= 15 is 0 Å². The third-order valence-electron chi connectivity index (χ3n) is 2.81. The van der Waals surface area contributed by atoms with Crippen LogP contribution in [0.4, 0.5) is 0 Å². The largest absolute Gasteiger partial charge is 0.320 e. The van der Waals surface area contributed by atoms with Gasteiger partial charge in [0, 0.05) is 12.4 Å². The van der Waals surface area contributed by atoms with Crippen molar-refractivity contribution in [2.24, 2.45) is 5.73 Å². The summed E-state index contributed by atoms with van der Waals surface area (Å²) in [6.45, 7) is 2.15. The van der Waals surface area contributed by atoms with E-state index in [-0.39, 0.29) is 6.04 Å². The predicted octanol–water partition coefficient (Wildman–Crippen LogP) is 2.69. The van der Waals surface area contributed by atoms with E-state index in [1.54, 1.807) is 6.20 Å². The van der Waals surface area contributed by atoms with Gasteiger partial charge in [-0.1, -0.05) is 37.3 Å². The molecule has 0 saturated carbocycles. The van der Waals surface area contributed by atoms with Gasteiger partial charge < -0.3 is 5.73 Å². The summed E-state index contributed by atoms with van der Waals surface area (Å²) < 4.78 is 0. The molecule has 0 spiro atoms. The van der Waals surface area contributed by atoms with E-state index in [9.17, 15) is 0 Å². The minimum absolute atomic E-state index is 0.0788. The Hall–Kier alpha value is -1.67. The van der Waals surface area contributed by atoms with Gasteiger partial charge in [0.2, 0.25) is 0 Å². The van der Waals surface area contributed by atoms with Crippen molar-refractivity contribution < 1.29 is 0 Å². The number of nitrogens with zero attached hydrogens (tertiary/aromatic N) is 1. The quantitative estimate of drug-likeness (QED) is 0.849. The maximum atomic E-state index is 6.25. The first-order valence-corrected chi connectivity index (χ1v) is 5.56. The molecule has 0 saturated heterocycles. The summed E-state index contributed by atoms with van der Waals surface area (Å²) in [6, 6.07) is 12.2. The molecule has 0 aliphatic carbocycles. The minimum Gasteiger partial charge on any atom is -0.320 e. The SMILES string of the molecule is CCc1ccccc1C(N)c1cccnc1. The summed E-state index contributed by atoms with van der Waals surface area (Å²) in [5.41, 5.74) is 9.81. The first kappa shape index (κ1) is 10.8. The number of hydrogen-bond acceptors (Lipinski definition) is 2. The van der Waals surface area contributed by atoms with Crippen LogP contribution in [-0.4, -0.2) is 4.98 Å². The van der Waals surface area contributed by atoms with Gasteiger partial charge in [0.25, 0.3) is 0 Å². The summed E-state index contributed by atoms with van der Waals surface area (Å²) >= 11 is 0. The first-order valence-electron chi connectivity index (χ1n) is 5.56. The van der Waals surface area contributed by atoms with Gasteiger partial charge in [-0.15, -0.1) is 0 Å². The maximum absolute atomic E-state index is 6.25. The van der Waals surface area contributed by atoms with E-state index in [0.29, 0.717) is 0 Å². The number of nitrogens with two attached hydrogens (primary N) is 1. The third kappa shape index (κ3) is 2.12. The van der Waals surface area contributed by atoms with Crippen LogP contribution in [-0.2, 0) is 6.42 Å². The highest BCUT2D eigenvalue weighted by Crippen LogP contribution is 2.22. The number of aryl methyl sites for hydroxylation is 1. The Bertz CT molecular complexity index is 451. The van der Waals surface area contributed by atoms with Gasteiger partial charge in [0.1, 0.15) is 0 Å². The fourth-order valence-electron chi connectivity index (χ4n) is 1.90. The van der Waals surface area contributed by atoms with Gasteiger partial charge in [-0.05, 0) is 29.2 Å². The number of hydrogen-bond donors (Lipinski definition) is 1. The molecule has 1 aromatic carbocycles. The molecule has 0 amide bonds. The van der Waals surface area contributed by atoms with Crippen molar-refractivity contribution in [1.82, 2.24) is 4.98 Å². The summed E-state index contributed by atoms with van der Waals surface area (Å²) in [5.74, 6) is 0. The summed E-state index contributed by atoms with van der Waals surface area (Å²) in [6.07, 6.45) is 4.60. The molecule has 1 atom stereocenters.